The summed E-state index contributed by atoms with van der Waals surface area (Å²) < 4.78 is 0. The molecule has 0 bridgehead atoms. The van der Waals surface area contributed by atoms with Crippen LogP contribution >= 0.6 is 0 Å². The lowest BCUT2D eigenvalue weighted by atomic mass is 10.3. The minimum atomic E-state index is 0.399. The van der Waals surface area contributed by atoms with Gasteiger partial charge in [-0.2, -0.15) is 0 Å². The third kappa shape index (κ3) is 2.84. The van der Waals surface area contributed by atoms with Crippen molar-refractivity contribution < 1.29 is 0 Å². The third-order valence-electron chi connectivity index (χ3n) is 2.48. The monoisotopic (exact) mass is 220 g/mol. The van der Waals surface area contributed by atoms with E-state index in [2.05, 4.69) is 41.4 Å². The third-order valence-corrected chi connectivity index (χ3v) is 2.48. The Labute approximate surface area is 96.9 Å². The molecule has 1 saturated carbocycles. The normalized spacial score (nSPS) is 15.2. The van der Waals surface area contributed by atoms with E-state index in [0.717, 1.165) is 24.0 Å². The molecule has 2 rings (SSSR count). The van der Waals surface area contributed by atoms with Crippen LogP contribution in [0, 0.1) is 0 Å². The molecule has 0 atom stereocenters. The molecule has 88 valence electrons. The first-order valence-electron chi connectivity index (χ1n) is 6.08. The Morgan fingerprint density at radius 2 is 2.00 bits per heavy atom. The molecular weight excluding hydrogens is 200 g/mol. The van der Waals surface area contributed by atoms with Gasteiger partial charge in [-0.1, -0.05) is 0 Å². The average Bonchev–Trinajstić information content (AvgIpc) is 2.99. The average molecular weight is 220 g/mol. The predicted molar refractivity (Wildman–Crippen MR) is 66.9 cm³/mol. The van der Waals surface area contributed by atoms with Crippen LogP contribution in [-0.2, 0) is 0 Å². The van der Waals surface area contributed by atoms with Gasteiger partial charge in [-0.15, -0.1) is 0 Å². The topological polar surface area (TPSA) is 49.8 Å². The zero-order valence-corrected chi connectivity index (χ0v) is 10.2. The summed E-state index contributed by atoms with van der Waals surface area (Å²) in [6.45, 7) is 7.20. The quantitative estimate of drug-likeness (QED) is 0.801. The molecule has 16 heavy (non-hydrogen) atoms. The molecule has 1 fully saturated rings. The van der Waals surface area contributed by atoms with Gasteiger partial charge in [0.05, 0.1) is 0 Å². The first kappa shape index (κ1) is 11.2. The second-order valence-corrected chi connectivity index (χ2v) is 4.60. The molecule has 0 spiro atoms. The zero-order chi connectivity index (χ0) is 11.5. The maximum absolute atomic E-state index is 4.56. The van der Waals surface area contributed by atoms with Gasteiger partial charge in [-0.05, 0) is 33.6 Å². The van der Waals surface area contributed by atoms with Crippen molar-refractivity contribution in [3.63, 3.8) is 0 Å². The molecule has 0 unspecified atom stereocenters. The lowest BCUT2D eigenvalue weighted by Crippen LogP contribution is -2.13. The van der Waals surface area contributed by atoms with E-state index in [4.69, 9.17) is 0 Å². The van der Waals surface area contributed by atoms with Gasteiger partial charge >= 0.3 is 0 Å². The number of aromatic nitrogens is 2. The fourth-order valence-electron chi connectivity index (χ4n) is 1.63. The van der Waals surface area contributed by atoms with Crippen LogP contribution in [0.25, 0.3) is 0 Å². The fraction of sp³-hybridized carbons (Fsp3) is 0.667. The van der Waals surface area contributed by atoms with Gasteiger partial charge in [-0.3, -0.25) is 0 Å². The van der Waals surface area contributed by atoms with Gasteiger partial charge in [0.15, 0.2) is 0 Å². The molecule has 1 aromatic rings. The van der Waals surface area contributed by atoms with Crippen molar-refractivity contribution in [2.45, 2.75) is 45.6 Å². The Morgan fingerprint density at radius 1 is 1.31 bits per heavy atom. The van der Waals surface area contributed by atoms with Gasteiger partial charge in [-0.25, -0.2) is 9.97 Å². The Morgan fingerprint density at radius 3 is 2.56 bits per heavy atom. The van der Waals surface area contributed by atoms with Crippen molar-refractivity contribution in [3.05, 3.63) is 11.9 Å². The van der Waals surface area contributed by atoms with E-state index in [1.165, 1.54) is 12.8 Å². The number of hydrogen-bond acceptors (Lipinski definition) is 4. The number of anilines is 2. The van der Waals surface area contributed by atoms with Crippen LogP contribution in [0.15, 0.2) is 6.07 Å². The van der Waals surface area contributed by atoms with Crippen LogP contribution in [0.1, 0.15) is 45.4 Å². The van der Waals surface area contributed by atoms with Gasteiger partial charge in [0.25, 0.3) is 0 Å². The highest BCUT2D eigenvalue weighted by Crippen LogP contribution is 2.38. The summed E-state index contributed by atoms with van der Waals surface area (Å²) >= 11 is 0. The predicted octanol–water partition coefficient (Wildman–Crippen LogP) is 2.61. The summed E-state index contributed by atoms with van der Waals surface area (Å²) in [6.07, 6.45) is 2.47. The van der Waals surface area contributed by atoms with Crippen molar-refractivity contribution in [2.75, 3.05) is 17.2 Å². The minimum absolute atomic E-state index is 0.399. The molecular formula is C12H20N4. The molecule has 0 aromatic carbocycles. The molecule has 1 aliphatic carbocycles. The molecule has 2 N–H and O–H groups in total. The summed E-state index contributed by atoms with van der Waals surface area (Å²) in [5.74, 6) is 3.44. The molecule has 1 heterocycles. The molecule has 1 aliphatic rings. The van der Waals surface area contributed by atoms with Crippen LogP contribution in [0.4, 0.5) is 11.6 Å². The fourth-order valence-corrected chi connectivity index (χ4v) is 1.63. The number of nitrogens with one attached hydrogen (secondary N) is 2. The number of nitrogens with zero attached hydrogens (tertiary/aromatic N) is 2. The van der Waals surface area contributed by atoms with E-state index < -0.39 is 0 Å². The Kier molecular flexibility index (Phi) is 3.27. The van der Waals surface area contributed by atoms with Gasteiger partial charge in [0, 0.05) is 24.6 Å². The standard InChI is InChI=1S/C12H20N4/c1-4-13-10-7-11(14-8(2)3)16-12(15-10)9-5-6-9/h7-9H,4-6H2,1-3H3,(H2,13,14,15,16). The number of rotatable bonds is 5. The lowest BCUT2D eigenvalue weighted by Gasteiger charge is -2.12. The largest absolute Gasteiger partial charge is 0.370 e. The maximum Gasteiger partial charge on any atom is 0.136 e. The molecule has 0 amide bonds. The van der Waals surface area contributed by atoms with E-state index in [9.17, 15) is 0 Å². The summed E-state index contributed by atoms with van der Waals surface area (Å²) in [5.41, 5.74) is 0. The van der Waals surface area contributed by atoms with Crippen molar-refractivity contribution in [3.8, 4) is 0 Å². The Hall–Kier alpha value is -1.32. The van der Waals surface area contributed by atoms with Gasteiger partial charge in [0.2, 0.25) is 0 Å². The summed E-state index contributed by atoms with van der Waals surface area (Å²) in [4.78, 5) is 9.09. The smallest absolute Gasteiger partial charge is 0.136 e. The Bertz CT molecular complexity index is 358. The van der Waals surface area contributed by atoms with E-state index in [1.807, 2.05) is 6.07 Å². The summed E-state index contributed by atoms with van der Waals surface area (Å²) in [7, 11) is 0. The van der Waals surface area contributed by atoms with E-state index in [0.29, 0.717) is 12.0 Å². The second kappa shape index (κ2) is 4.68. The van der Waals surface area contributed by atoms with Crippen molar-refractivity contribution >= 4 is 11.6 Å². The highest BCUT2D eigenvalue weighted by atomic mass is 15.1. The van der Waals surface area contributed by atoms with E-state index >= 15 is 0 Å². The molecule has 0 aliphatic heterocycles. The molecule has 0 saturated heterocycles. The molecule has 4 heteroatoms. The lowest BCUT2D eigenvalue weighted by molar-refractivity contribution is 0.864. The van der Waals surface area contributed by atoms with Gasteiger partial charge < -0.3 is 10.6 Å². The summed E-state index contributed by atoms with van der Waals surface area (Å²) in [5, 5.41) is 6.59. The highest BCUT2D eigenvalue weighted by molar-refractivity contribution is 5.48. The zero-order valence-electron chi connectivity index (χ0n) is 10.2. The van der Waals surface area contributed by atoms with Crippen LogP contribution in [0.3, 0.4) is 0 Å². The van der Waals surface area contributed by atoms with Crippen LogP contribution < -0.4 is 10.6 Å². The Balaban J connectivity index is 2.21. The summed E-state index contributed by atoms with van der Waals surface area (Å²) in [6, 6.07) is 2.38. The molecule has 0 radical (unpaired) electrons. The number of hydrogen-bond donors (Lipinski definition) is 2. The van der Waals surface area contributed by atoms with Crippen molar-refractivity contribution in [1.29, 1.82) is 0 Å². The van der Waals surface area contributed by atoms with E-state index in [-0.39, 0.29) is 0 Å². The van der Waals surface area contributed by atoms with Gasteiger partial charge in [0.1, 0.15) is 17.5 Å². The van der Waals surface area contributed by atoms with Crippen molar-refractivity contribution in [1.82, 2.24) is 9.97 Å². The first-order chi connectivity index (χ1) is 7.69. The maximum atomic E-state index is 4.56. The van der Waals surface area contributed by atoms with Crippen LogP contribution in [0.5, 0.6) is 0 Å². The van der Waals surface area contributed by atoms with E-state index in [1.54, 1.807) is 0 Å². The highest BCUT2D eigenvalue weighted by Gasteiger charge is 2.27. The van der Waals surface area contributed by atoms with Crippen LogP contribution in [-0.4, -0.2) is 22.6 Å². The minimum Gasteiger partial charge on any atom is -0.370 e. The first-order valence-corrected chi connectivity index (χ1v) is 6.08. The van der Waals surface area contributed by atoms with Crippen molar-refractivity contribution in [2.24, 2.45) is 0 Å². The molecule has 1 aromatic heterocycles. The molecule has 4 nitrogen and oxygen atoms in total. The van der Waals surface area contributed by atoms with Crippen LogP contribution in [0.2, 0.25) is 0 Å². The second-order valence-electron chi connectivity index (χ2n) is 4.60. The SMILES string of the molecule is CCNc1cc(NC(C)C)nc(C2CC2)n1.